The first-order valence-corrected chi connectivity index (χ1v) is 3.60. The highest BCUT2D eigenvalue weighted by Crippen LogP contribution is 2.12. The third-order valence-corrected chi connectivity index (χ3v) is 1.59. The van der Waals surface area contributed by atoms with E-state index in [1.165, 1.54) is 12.3 Å². The molecule has 0 aliphatic rings. The Morgan fingerprint density at radius 3 is 2.75 bits per heavy atom. The molecule has 0 saturated carbocycles. The fourth-order valence-electron chi connectivity index (χ4n) is 0.867. The topological polar surface area (TPSA) is 38.9 Å². The van der Waals surface area contributed by atoms with E-state index in [0.717, 1.165) is 12.0 Å². The Labute approximate surface area is 77.4 Å². The third kappa shape index (κ3) is 2.75. The second-order valence-corrected chi connectivity index (χ2v) is 2.45. The Hall–Kier alpha value is -0.670. The van der Waals surface area contributed by atoms with Crippen molar-refractivity contribution >= 4 is 12.4 Å². The first-order chi connectivity index (χ1) is 5.24. The van der Waals surface area contributed by atoms with Crippen LogP contribution in [0, 0.1) is 5.82 Å². The molecule has 12 heavy (non-hydrogen) atoms. The van der Waals surface area contributed by atoms with Crippen LogP contribution in [0.4, 0.5) is 4.39 Å². The summed E-state index contributed by atoms with van der Waals surface area (Å²) in [5, 5.41) is 0. The number of aromatic nitrogens is 1. The Balaban J connectivity index is 0.00000121. The van der Waals surface area contributed by atoms with Crippen LogP contribution in [-0.4, -0.2) is 4.98 Å². The summed E-state index contributed by atoms with van der Waals surface area (Å²) >= 11 is 0. The van der Waals surface area contributed by atoms with Crippen molar-refractivity contribution in [1.29, 1.82) is 0 Å². The van der Waals surface area contributed by atoms with Crippen LogP contribution in [-0.2, 0) is 0 Å². The van der Waals surface area contributed by atoms with Crippen LogP contribution in [0.3, 0.4) is 0 Å². The molecular weight excluding hydrogens is 179 g/mol. The van der Waals surface area contributed by atoms with Gasteiger partial charge < -0.3 is 5.73 Å². The predicted molar refractivity (Wildman–Crippen MR) is 48.7 cm³/mol. The van der Waals surface area contributed by atoms with Crippen LogP contribution < -0.4 is 5.73 Å². The third-order valence-electron chi connectivity index (χ3n) is 1.59. The summed E-state index contributed by atoms with van der Waals surface area (Å²) in [7, 11) is 0. The molecule has 4 heteroatoms. The number of nitrogens with zero attached hydrogens (tertiary/aromatic N) is 1. The zero-order chi connectivity index (χ0) is 8.27. The van der Waals surface area contributed by atoms with Gasteiger partial charge in [0.2, 0.25) is 0 Å². The summed E-state index contributed by atoms with van der Waals surface area (Å²) in [5.41, 5.74) is 6.41. The van der Waals surface area contributed by atoms with Crippen molar-refractivity contribution < 1.29 is 4.39 Å². The number of hydrogen-bond acceptors (Lipinski definition) is 2. The van der Waals surface area contributed by atoms with Gasteiger partial charge in [-0.05, 0) is 18.1 Å². The Kier molecular flexibility index (Phi) is 4.78. The lowest BCUT2D eigenvalue weighted by atomic mass is 10.1. The van der Waals surface area contributed by atoms with E-state index in [4.69, 9.17) is 5.73 Å². The van der Waals surface area contributed by atoms with Crippen LogP contribution in [0.15, 0.2) is 18.5 Å². The summed E-state index contributed by atoms with van der Waals surface area (Å²) < 4.78 is 12.5. The van der Waals surface area contributed by atoms with Crippen molar-refractivity contribution in [2.24, 2.45) is 5.73 Å². The minimum atomic E-state index is -0.327. The highest BCUT2D eigenvalue weighted by molar-refractivity contribution is 5.85. The van der Waals surface area contributed by atoms with Gasteiger partial charge in [0.05, 0.1) is 6.20 Å². The van der Waals surface area contributed by atoms with E-state index in [0.29, 0.717) is 0 Å². The first-order valence-electron chi connectivity index (χ1n) is 3.60. The van der Waals surface area contributed by atoms with Gasteiger partial charge >= 0.3 is 0 Å². The number of rotatable bonds is 2. The zero-order valence-corrected chi connectivity index (χ0v) is 7.64. The normalized spacial score (nSPS) is 11.9. The lowest BCUT2D eigenvalue weighted by Crippen LogP contribution is -2.08. The van der Waals surface area contributed by atoms with Crippen molar-refractivity contribution in [3.8, 4) is 0 Å². The molecule has 0 aliphatic carbocycles. The first kappa shape index (κ1) is 11.3. The predicted octanol–water partition coefficient (Wildman–Crippen LogP) is 2.05. The van der Waals surface area contributed by atoms with Crippen LogP contribution in [0.1, 0.15) is 24.9 Å². The highest BCUT2D eigenvalue weighted by Gasteiger charge is 2.03. The van der Waals surface area contributed by atoms with E-state index in [-0.39, 0.29) is 24.3 Å². The second kappa shape index (κ2) is 5.06. The van der Waals surface area contributed by atoms with Gasteiger partial charge in [0.1, 0.15) is 5.82 Å². The lowest BCUT2D eigenvalue weighted by molar-refractivity contribution is 0.608. The fourth-order valence-corrected chi connectivity index (χ4v) is 0.867. The van der Waals surface area contributed by atoms with Crippen LogP contribution in [0.25, 0.3) is 0 Å². The Morgan fingerprint density at radius 2 is 2.25 bits per heavy atom. The molecule has 0 aromatic carbocycles. The molecule has 1 unspecified atom stereocenters. The summed E-state index contributed by atoms with van der Waals surface area (Å²) in [6, 6.07) is 1.32. The molecule has 1 heterocycles. The molecule has 0 bridgehead atoms. The molecule has 0 fully saturated rings. The molecular formula is C8H12ClFN2. The number of halogens is 2. The number of nitrogens with two attached hydrogens (primary N) is 1. The molecule has 1 atom stereocenters. The maximum absolute atomic E-state index is 12.5. The molecule has 0 amide bonds. The van der Waals surface area contributed by atoms with Gasteiger partial charge in [-0.2, -0.15) is 0 Å². The van der Waals surface area contributed by atoms with E-state index < -0.39 is 0 Å². The van der Waals surface area contributed by atoms with Gasteiger partial charge in [-0.25, -0.2) is 4.39 Å². The maximum Gasteiger partial charge on any atom is 0.141 e. The Bertz CT molecular complexity index is 242. The standard InChI is InChI=1S/C8H11FN2.ClH/c1-2-8(10)6-3-7(9)5-11-4-6;/h3-5,8H,2,10H2,1H3;1H. The van der Waals surface area contributed by atoms with Crippen molar-refractivity contribution in [3.63, 3.8) is 0 Å². The largest absolute Gasteiger partial charge is 0.324 e. The molecule has 0 aliphatic heterocycles. The van der Waals surface area contributed by atoms with Gasteiger partial charge in [-0.1, -0.05) is 6.92 Å². The monoisotopic (exact) mass is 190 g/mol. The van der Waals surface area contributed by atoms with E-state index in [2.05, 4.69) is 4.98 Å². The smallest absolute Gasteiger partial charge is 0.141 e. The number of pyridine rings is 1. The van der Waals surface area contributed by atoms with E-state index in [1.54, 1.807) is 6.20 Å². The van der Waals surface area contributed by atoms with E-state index in [9.17, 15) is 4.39 Å². The van der Waals surface area contributed by atoms with Crippen molar-refractivity contribution in [2.45, 2.75) is 19.4 Å². The summed E-state index contributed by atoms with van der Waals surface area (Å²) in [6.07, 6.45) is 3.56. The quantitative estimate of drug-likeness (QED) is 0.776. The van der Waals surface area contributed by atoms with Gasteiger partial charge in [0.15, 0.2) is 0 Å². The minimum Gasteiger partial charge on any atom is -0.324 e. The van der Waals surface area contributed by atoms with E-state index in [1.807, 2.05) is 6.92 Å². The summed E-state index contributed by atoms with van der Waals surface area (Å²) in [4.78, 5) is 3.70. The molecule has 0 radical (unpaired) electrons. The van der Waals surface area contributed by atoms with Crippen LogP contribution in [0.2, 0.25) is 0 Å². The van der Waals surface area contributed by atoms with Crippen LogP contribution in [0.5, 0.6) is 0 Å². The summed E-state index contributed by atoms with van der Waals surface area (Å²) in [6.45, 7) is 1.95. The average molecular weight is 191 g/mol. The van der Waals surface area contributed by atoms with Gasteiger partial charge in [-0.3, -0.25) is 4.98 Å². The average Bonchev–Trinajstić information content (AvgIpc) is 2.03. The maximum atomic E-state index is 12.5. The minimum absolute atomic E-state index is 0. The molecule has 68 valence electrons. The number of hydrogen-bond donors (Lipinski definition) is 1. The van der Waals surface area contributed by atoms with Crippen LogP contribution >= 0.6 is 12.4 Å². The zero-order valence-electron chi connectivity index (χ0n) is 6.83. The second-order valence-electron chi connectivity index (χ2n) is 2.45. The molecule has 2 N–H and O–H groups in total. The van der Waals surface area contributed by atoms with E-state index >= 15 is 0 Å². The Morgan fingerprint density at radius 1 is 1.58 bits per heavy atom. The SMILES string of the molecule is CCC(N)c1cncc(F)c1.Cl. The van der Waals surface area contributed by atoms with Gasteiger partial charge in [0.25, 0.3) is 0 Å². The molecule has 2 nitrogen and oxygen atoms in total. The molecule has 1 aromatic rings. The molecule has 1 rings (SSSR count). The van der Waals surface area contributed by atoms with Gasteiger partial charge in [-0.15, -0.1) is 12.4 Å². The van der Waals surface area contributed by atoms with Crippen molar-refractivity contribution in [3.05, 3.63) is 29.8 Å². The van der Waals surface area contributed by atoms with Gasteiger partial charge in [0, 0.05) is 12.2 Å². The molecule has 0 spiro atoms. The summed E-state index contributed by atoms with van der Waals surface area (Å²) in [5.74, 6) is -0.327. The van der Waals surface area contributed by atoms with Crippen molar-refractivity contribution in [1.82, 2.24) is 4.98 Å². The molecule has 1 aromatic heterocycles. The molecule has 0 saturated heterocycles. The lowest BCUT2D eigenvalue weighted by Gasteiger charge is -2.07. The van der Waals surface area contributed by atoms with Crippen molar-refractivity contribution in [2.75, 3.05) is 0 Å². The fraction of sp³-hybridized carbons (Fsp3) is 0.375. The highest BCUT2D eigenvalue weighted by atomic mass is 35.5.